The molecule has 5 nitrogen and oxygen atoms in total. The second-order valence-corrected chi connectivity index (χ2v) is 9.00. The molecule has 0 atom stereocenters. The number of hydrogen-bond acceptors (Lipinski definition) is 5. The highest BCUT2D eigenvalue weighted by molar-refractivity contribution is 9.11. The van der Waals surface area contributed by atoms with E-state index >= 15 is 0 Å². The highest BCUT2D eigenvalue weighted by Gasteiger charge is 2.24. The number of esters is 2. The molecule has 0 spiro atoms. The van der Waals surface area contributed by atoms with Crippen LogP contribution in [0.1, 0.15) is 27.0 Å². The first-order chi connectivity index (χ1) is 15.3. The zero-order chi connectivity index (χ0) is 22.8. The van der Waals surface area contributed by atoms with E-state index in [9.17, 15) is 9.59 Å². The van der Waals surface area contributed by atoms with Crippen LogP contribution in [0.2, 0.25) is 5.02 Å². The van der Waals surface area contributed by atoms with Crippen molar-refractivity contribution in [3.8, 4) is 5.75 Å². The van der Waals surface area contributed by atoms with Gasteiger partial charge in [-0.3, -0.25) is 0 Å². The van der Waals surface area contributed by atoms with Crippen LogP contribution < -0.4 is 4.74 Å². The Bertz CT molecular complexity index is 1280. The maximum atomic E-state index is 12.5. The van der Waals surface area contributed by atoms with E-state index in [1.54, 1.807) is 42.5 Å². The van der Waals surface area contributed by atoms with Crippen LogP contribution in [0, 0.1) is 6.92 Å². The Morgan fingerprint density at radius 1 is 1.06 bits per heavy atom. The summed E-state index contributed by atoms with van der Waals surface area (Å²) in [7, 11) is 0. The summed E-state index contributed by atoms with van der Waals surface area (Å²) in [5.41, 5.74) is 2.89. The summed E-state index contributed by atoms with van der Waals surface area (Å²) in [5, 5.41) is 0.299. The van der Waals surface area contributed by atoms with Gasteiger partial charge in [-0.2, -0.15) is 0 Å². The Kier molecular flexibility index (Phi) is 6.60. The van der Waals surface area contributed by atoms with Crippen LogP contribution in [0.4, 0.5) is 0 Å². The number of nitrogens with zero attached hydrogens (tertiary/aromatic N) is 1. The third-order valence-electron chi connectivity index (χ3n) is 4.53. The maximum Gasteiger partial charge on any atom is 0.363 e. The Balaban J connectivity index is 1.60. The van der Waals surface area contributed by atoms with Crippen molar-refractivity contribution in [2.45, 2.75) is 6.92 Å². The molecule has 0 unspecified atom stereocenters. The fourth-order valence-electron chi connectivity index (χ4n) is 2.92. The number of hydrogen-bond donors (Lipinski definition) is 0. The average Bonchev–Trinajstić information content (AvgIpc) is 3.11. The molecular weight excluding hydrogens is 562 g/mol. The van der Waals surface area contributed by atoms with Crippen molar-refractivity contribution >= 4 is 67.4 Å². The molecule has 0 saturated heterocycles. The first kappa shape index (κ1) is 22.5. The average molecular weight is 576 g/mol. The molecule has 3 aromatic rings. The number of carbonyl (C=O) groups is 2. The number of cyclic esters (lactones) is 1. The molecule has 0 aliphatic carbocycles. The van der Waals surface area contributed by atoms with Gasteiger partial charge in [-0.15, -0.1) is 0 Å². The number of benzene rings is 3. The molecule has 0 bridgehead atoms. The molecule has 0 aromatic heterocycles. The Morgan fingerprint density at radius 3 is 2.38 bits per heavy atom. The van der Waals surface area contributed by atoms with Crippen molar-refractivity contribution in [3.63, 3.8) is 0 Å². The second kappa shape index (κ2) is 9.40. The van der Waals surface area contributed by atoms with E-state index in [0.717, 1.165) is 11.1 Å². The van der Waals surface area contributed by atoms with Crippen molar-refractivity contribution in [1.82, 2.24) is 0 Å². The zero-order valence-corrected chi connectivity index (χ0v) is 20.5. The molecule has 160 valence electrons. The van der Waals surface area contributed by atoms with Gasteiger partial charge in [0.1, 0.15) is 0 Å². The fourth-order valence-corrected chi connectivity index (χ4v) is 4.52. The van der Waals surface area contributed by atoms with Gasteiger partial charge in [0.25, 0.3) is 0 Å². The standard InChI is InChI=1S/C24H14Br2ClNO4/c1-13-6-8-15(9-7-13)22-28-20(24(30)32-22)12-14-10-17(25)21(18(26)11-14)31-23(29)16-4-2-3-5-19(16)27/h2-12H,1H3/b20-12-. The number of aliphatic imine (C=N–C) groups is 1. The number of ether oxygens (including phenoxy) is 2. The summed E-state index contributed by atoms with van der Waals surface area (Å²) in [5.74, 6) is -0.587. The predicted molar refractivity (Wildman–Crippen MR) is 130 cm³/mol. The predicted octanol–water partition coefficient (Wildman–Crippen LogP) is 6.74. The van der Waals surface area contributed by atoms with Gasteiger partial charge < -0.3 is 9.47 Å². The van der Waals surface area contributed by atoms with E-state index < -0.39 is 11.9 Å². The minimum absolute atomic E-state index is 0.167. The fraction of sp³-hybridized carbons (Fsp3) is 0.0417. The van der Waals surface area contributed by atoms with E-state index in [1.807, 2.05) is 31.2 Å². The van der Waals surface area contributed by atoms with Crippen LogP contribution in [-0.2, 0) is 9.53 Å². The molecule has 1 heterocycles. The quantitative estimate of drug-likeness (QED) is 0.196. The number of halogens is 3. The Morgan fingerprint density at radius 2 is 1.72 bits per heavy atom. The molecule has 32 heavy (non-hydrogen) atoms. The third-order valence-corrected chi connectivity index (χ3v) is 6.04. The maximum absolute atomic E-state index is 12.5. The third kappa shape index (κ3) is 4.85. The molecule has 0 N–H and O–H groups in total. The molecule has 1 aliphatic heterocycles. The summed E-state index contributed by atoms with van der Waals surface area (Å²) >= 11 is 12.9. The van der Waals surface area contributed by atoms with E-state index in [4.69, 9.17) is 21.1 Å². The van der Waals surface area contributed by atoms with Gasteiger partial charge >= 0.3 is 11.9 Å². The van der Waals surface area contributed by atoms with E-state index in [-0.39, 0.29) is 22.9 Å². The van der Waals surface area contributed by atoms with Crippen molar-refractivity contribution in [2.75, 3.05) is 0 Å². The highest BCUT2D eigenvalue weighted by Crippen LogP contribution is 2.36. The molecular formula is C24H14Br2ClNO4. The SMILES string of the molecule is Cc1ccc(C2=N/C(=C\c3cc(Br)c(OC(=O)c4ccccc4Cl)c(Br)c3)C(=O)O2)cc1. The molecule has 0 saturated carbocycles. The minimum atomic E-state index is -0.588. The Hall–Kier alpha value is -2.74. The van der Waals surface area contributed by atoms with Crippen LogP contribution in [0.5, 0.6) is 5.75 Å². The van der Waals surface area contributed by atoms with Crippen molar-refractivity contribution < 1.29 is 19.1 Å². The van der Waals surface area contributed by atoms with Crippen LogP contribution in [-0.4, -0.2) is 17.8 Å². The van der Waals surface area contributed by atoms with Gasteiger partial charge in [0, 0.05) is 5.56 Å². The van der Waals surface area contributed by atoms with Crippen LogP contribution >= 0.6 is 43.5 Å². The van der Waals surface area contributed by atoms with E-state index in [0.29, 0.717) is 19.5 Å². The molecule has 0 radical (unpaired) electrons. The normalized spacial score (nSPS) is 14.3. The number of aryl methyl sites for hydroxylation is 1. The topological polar surface area (TPSA) is 65.0 Å². The summed E-state index contributed by atoms with van der Waals surface area (Å²) in [4.78, 5) is 29.1. The highest BCUT2D eigenvalue weighted by atomic mass is 79.9. The number of rotatable bonds is 4. The van der Waals surface area contributed by atoms with E-state index in [2.05, 4.69) is 36.9 Å². The smallest absolute Gasteiger partial charge is 0.363 e. The zero-order valence-electron chi connectivity index (χ0n) is 16.6. The summed E-state index contributed by atoms with van der Waals surface area (Å²) in [6.45, 7) is 1.97. The minimum Gasteiger partial charge on any atom is -0.420 e. The second-order valence-electron chi connectivity index (χ2n) is 6.89. The van der Waals surface area contributed by atoms with Gasteiger partial charge in [-0.25, -0.2) is 14.6 Å². The first-order valence-corrected chi connectivity index (χ1v) is 11.3. The van der Waals surface area contributed by atoms with Crippen LogP contribution in [0.25, 0.3) is 6.08 Å². The lowest BCUT2D eigenvalue weighted by atomic mass is 10.1. The molecule has 8 heteroatoms. The lowest BCUT2D eigenvalue weighted by molar-refractivity contribution is -0.129. The summed E-state index contributed by atoms with van der Waals surface area (Å²) in [6, 6.07) is 17.6. The summed E-state index contributed by atoms with van der Waals surface area (Å²) in [6.07, 6.45) is 1.60. The van der Waals surface area contributed by atoms with Gasteiger partial charge in [0.15, 0.2) is 11.4 Å². The van der Waals surface area contributed by atoms with Gasteiger partial charge in [-0.05, 0) is 86.8 Å². The Labute approximate surface area is 206 Å². The molecule has 0 amide bonds. The van der Waals surface area contributed by atoms with Crippen molar-refractivity contribution in [2.24, 2.45) is 4.99 Å². The van der Waals surface area contributed by atoms with Crippen LogP contribution in [0.3, 0.4) is 0 Å². The van der Waals surface area contributed by atoms with Crippen molar-refractivity contribution in [3.05, 3.63) is 103 Å². The molecule has 3 aromatic carbocycles. The molecule has 1 aliphatic rings. The molecule has 4 rings (SSSR count). The van der Waals surface area contributed by atoms with Crippen LogP contribution in [0.15, 0.2) is 80.3 Å². The molecule has 0 fully saturated rings. The van der Waals surface area contributed by atoms with Gasteiger partial charge in [0.05, 0.1) is 19.5 Å². The largest absolute Gasteiger partial charge is 0.420 e. The monoisotopic (exact) mass is 573 g/mol. The first-order valence-electron chi connectivity index (χ1n) is 9.37. The lowest BCUT2D eigenvalue weighted by Gasteiger charge is -2.10. The van der Waals surface area contributed by atoms with Crippen molar-refractivity contribution in [1.29, 1.82) is 0 Å². The van der Waals surface area contributed by atoms with E-state index in [1.165, 1.54) is 0 Å². The summed E-state index contributed by atoms with van der Waals surface area (Å²) < 4.78 is 11.8. The van der Waals surface area contributed by atoms with Gasteiger partial charge in [0.2, 0.25) is 5.90 Å². The van der Waals surface area contributed by atoms with Gasteiger partial charge in [-0.1, -0.05) is 41.4 Å². The number of carbonyl (C=O) groups excluding carboxylic acids is 2. The lowest BCUT2D eigenvalue weighted by Crippen LogP contribution is -2.10.